The maximum Gasteiger partial charge on any atom is 0.433 e. The minimum Gasteiger partial charge on any atom is -0.370 e. The number of alkyl halides is 3. The highest BCUT2D eigenvalue weighted by molar-refractivity contribution is 5.53. The summed E-state index contributed by atoms with van der Waals surface area (Å²) in [7, 11) is 3.00. The number of halogens is 5. The van der Waals surface area contributed by atoms with Gasteiger partial charge in [-0.2, -0.15) is 18.3 Å². The minimum atomic E-state index is -4.50. The molecule has 5 rings (SSSR count). The molecule has 12 heteroatoms. The SMILES string of the molecule is Cn1nc(-c2nc3c(n2C)CN([C@H]2CO[C@H](c4cc(F)ccc4F)[C@@H](N)C2)C3)cc1C(F)(F)F. The highest BCUT2D eigenvalue weighted by Gasteiger charge is 2.39. The Bertz CT molecular complexity index is 1240. The highest BCUT2D eigenvalue weighted by Crippen LogP contribution is 2.36. The number of aryl methyl sites for hydroxylation is 1. The monoisotopic (exact) mass is 482 g/mol. The summed E-state index contributed by atoms with van der Waals surface area (Å²) in [5.41, 5.74) is 7.33. The number of imidazole rings is 1. The molecule has 0 unspecified atom stereocenters. The van der Waals surface area contributed by atoms with Gasteiger partial charge in [0.2, 0.25) is 0 Å². The molecule has 2 aliphatic heterocycles. The zero-order valence-corrected chi connectivity index (χ0v) is 18.5. The summed E-state index contributed by atoms with van der Waals surface area (Å²) in [4.78, 5) is 6.68. The number of fused-ring (bicyclic) bond motifs is 1. The fourth-order valence-electron chi connectivity index (χ4n) is 4.83. The zero-order chi connectivity index (χ0) is 24.4. The van der Waals surface area contributed by atoms with Crippen molar-refractivity contribution in [2.45, 2.75) is 43.9 Å². The highest BCUT2D eigenvalue weighted by atomic mass is 19.4. The lowest BCUT2D eigenvalue weighted by Gasteiger charge is -2.38. The van der Waals surface area contributed by atoms with Gasteiger partial charge in [-0.05, 0) is 30.7 Å². The molecule has 0 amide bonds. The van der Waals surface area contributed by atoms with Crippen LogP contribution in [0.3, 0.4) is 0 Å². The van der Waals surface area contributed by atoms with Gasteiger partial charge in [0.15, 0.2) is 5.82 Å². The Morgan fingerprint density at radius 2 is 1.88 bits per heavy atom. The van der Waals surface area contributed by atoms with E-state index < -0.39 is 35.7 Å². The molecule has 2 aromatic heterocycles. The second kappa shape index (κ2) is 8.14. The van der Waals surface area contributed by atoms with Crippen LogP contribution in [-0.2, 0) is 38.1 Å². The molecule has 2 aliphatic rings. The van der Waals surface area contributed by atoms with E-state index in [2.05, 4.69) is 15.0 Å². The van der Waals surface area contributed by atoms with Gasteiger partial charge >= 0.3 is 6.18 Å². The van der Waals surface area contributed by atoms with Gasteiger partial charge in [-0.1, -0.05) is 0 Å². The van der Waals surface area contributed by atoms with Gasteiger partial charge in [-0.25, -0.2) is 13.8 Å². The number of hydrogen-bond donors (Lipinski definition) is 1. The van der Waals surface area contributed by atoms with Crippen molar-refractivity contribution in [3.63, 3.8) is 0 Å². The molecule has 4 heterocycles. The Balaban J connectivity index is 1.30. The van der Waals surface area contributed by atoms with E-state index >= 15 is 0 Å². The number of ether oxygens (including phenoxy) is 1. The molecule has 1 fully saturated rings. The molecule has 34 heavy (non-hydrogen) atoms. The van der Waals surface area contributed by atoms with Crippen LogP contribution in [-0.4, -0.2) is 42.9 Å². The van der Waals surface area contributed by atoms with E-state index in [9.17, 15) is 22.0 Å². The average Bonchev–Trinajstić information content (AvgIpc) is 3.44. The average molecular weight is 482 g/mol. The second-order valence-electron chi connectivity index (χ2n) is 8.80. The van der Waals surface area contributed by atoms with Crippen LogP contribution in [0.25, 0.3) is 11.5 Å². The van der Waals surface area contributed by atoms with Crippen LogP contribution in [0.4, 0.5) is 22.0 Å². The van der Waals surface area contributed by atoms with Crippen molar-refractivity contribution in [2.75, 3.05) is 6.61 Å². The topological polar surface area (TPSA) is 74.1 Å². The Morgan fingerprint density at radius 1 is 1.12 bits per heavy atom. The van der Waals surface area contributed by atoms with Crippen molar-refractivity contribution >= 4 is 0 Å². The molecule has 2 N–H and O–H groups in total. The molecule has 3 aromatic rings. The largest absolute Gasteiger partial charge is 0.433 e. The molecule has 0 aliphatic carbocycles. The Kier molecular flexibility index (Phi) is 5.49. The van der Waals surface area contributed by atoms with Crippen molar-refractivity contribution < 1.29 is 26.7 Å². The van der Waals surface area contributed by atoms with Gasteiger partial charge in [-0.15, -0.1) is 0 Å². The predicted molar refractivity (Wildman–Crippen MR) is 111 cm³/mol. The van der Waals surface area contributed by atoms with E-state index in [0.717, 1.165) is 40.3 Å². The number of benzene rings is 1. The van der Waals surface area contributed by atoms with Crippen molar-refractivity contribution in [3.8, 4) is 11.5 Å². The van der Waals surface area contributed by atoms with Crippen molar-refractivity contribution in [1.82, 2.24) is 24.2 Å². The van der Waals surface area contributed by atoms with Crippen LogP contribution >= 0.6 is 0 Å². The van der Waals surface area contributed by atoms with Crippen molar-refractivity contribution in [3.05, 3.63) is 58.5 Å². The number of hydrogen-bond acceptors (Lipinski definition) is 5. The quantitative estimate of drug-likeness (QED) is 0.580. The lowest BCUT2D eigenvalue weighted by molar-refractivity contribution is -0.143. The number of nitrogens with zero attached hydrogens (tertiary/aromatic N) is 5. The predicted octanol–water partition coefficient (Wildman–Crippen LogP) is 3.29. The smallest absolute Gasteiger partial charge is 0.370 e. The third-order valence-corrected chi connectivity index (χ3v) is 6.58. The van der Waals surface area contributed by atoms with Crippen LogP contribution < -0.4 is 5.73 Å². The van der Waals surface area contributed by atoms with Gasteiger partial charge in [0.1, 0.15) is 29.1 Å². The molecule has 1 saturated heterocycles. The van der Waals surface area contributed by atoms with E-state index in [1.807, 2.05) is 0 Å². The fraction of sp³-hybridized carbons (Fsp3) is 0.455. The summed E-state index contributed by atoms with van der Waals surface area (Å²) in [6.45, 7) is 1.27. The lowest BCUT2D eigenvalue weighted by Crippen LogP contribution is -2.47. The van der Waals surface area contributed by atoms with Crippen LogP contribution in [0, 0.1) is 11.6 Å². The molecule has 0 spiro atoms. The summed E-state index contributed by atoms with van der Waals surface area (Å²) in [6, 6.07) is 3.62. The molecule has 3 atom stereocenters. The first-order valence-corrected chi connectivity index (χ1v) is 10.7. The first kappa shape index (κ1) is 22.9. The molecule has 182 valence electrons. The third-order valence-electron chi connectivity index (χ3n) is 6.58. The van der Waals surface area contributed by atoms with Crippen LogP contribution in [0.15, 0.2) is 24.3 Å². The van der Waals surface area contributed by atoms with Crippen LogP contribution in [0.5, 0.6) is 0 Å². The van der Waals surface area contributed by atoms with Crippen molar-refractivity contribution in [1.29, 1.82) is 0 Å². The Morgan fingerprint density at radius 3 is 2.53 bits per heavy atom. The second-order valence-corrected chi connectivity index (χ2v) is 8.80. The first-order chi connectivity index (χ1) is 16.0. The maximum atomic E-state index is 14.2. The van der Waals surface area contributed by atoms with Crippen LogP contribution in [0.2, 0.25) is 0 Å². The Hall–Kier alpha value is -2.83. The van der Waals surface area contributed by atoms with E-state index in [1.54, 1.807) is 11.6 Å². The molecule has 1 aromatic carbocycles. The molecule has 0 bridgehead atoms. The number of rotatable bonds is 3. The van der Waals surface area contributed by atoms with Gasteiger partial charge in [-0.3, -0.25) is 9.58 Å². The molecule has 0 radical (unpaired) electrons. The maximum absolute atomic E-state index is 14.2. The number of aromatic nitrogens is 4. The van der Waals surface area contributed by atoms with E-state index in [4.69, 9.17) is 10.5 Å². The summed E-state index contributed by atoms with van der Waals surface area (Å²) < 4.78 is 75.7. The normalized spacial score (nSPS) is 23.5. The molecular formula is C22H23F5N6O. The summed E-state index contributed by atoms with van der Waals surface area (Å²) in [5, 5.41) is 4.00. The van der Waals surface area contributed by atoms with E-state index in [1.165, 1.54) is 7.05 Å². The summed E-state index contributed by atoms with van der Waals surface area (Å²) in [5.74, 6) is -0.746. The van der Waals surface area contributed by atoms with Gasteiger partial charge in [0.05, 0.1) is 18.0 Å². The zero-order valence-electron chi connectivity index (χ0n) is 18.5. The third kappa shape index (κ3) is 3.89. The fourth-order valence-corrected chi connectivity index (χ4v) is 4.83. The molecule has 7 nitrogen and oxygen atoms in total. The van der Waals surface area contributed by atoms with Crippen molar-refractivity contribution in [2.24, 2.45) is 19.8 Å². The van der Waals surface area contributed by atoms with E-state index in [-0.39, 0.29) is 23.9 Å². The summed E-state index contributed by atoms with van der Waals surface area (Å²) in [6.07, 6.45) is -4.73. The Labute approximate surface area is 191 Å². The standard InChI is InChI=1S/C22H23F5N6O/c1-31-18-9-33(8-17(18)29-21(31)16-7-19(22(25,26)27)32(2)30-16)12-6-15(28)20(34-10-12)13-5-11(23)3-4-14(13)24/h3-5,7,12,15,20H,6,8-10,28H2,1-2H3/t12-,15+,20-/m1/s1. The molecule has 0 saturated carbocycles. The summed E-state index contributed by atoms with van der Waals surface area (Å²) >= 11 is 0. The number of nitrogens with two attached hydrogens (primary N) is 1. The molecular weight excluding hydrogens is 459 g/mol. The van der Waals surface area contributed by atoms with Gasteiger partial charge in [0, 0.05) is 44.8 Å². The lowest BCUT2D eigenvalue weighted by atomic mass is 9.93. The van der Waals surface area contributed by atoms with Gasteiger partial charge < -0.3 is 15.0 Å². The minimum absolute atomic E-state index is 0.0628. The van der Waals surface area contributed by atoms with Crippen LogP contribution in [0.1, 0.15) is 35.2 Å². The first-order valence-electron chi connectivity index (χ1n) is 10.7. The van der Waals surface area contributed by atoms with Gasteiger partial charge in [0.25, 0.3) is 0 Å². The van der Waals surface area contributed by atoms with E-state index in [0.29, 0.717) is 25.3 Å².